The van der Waals surface area contributed by atoms with E-state index in [2.05, 4.69) is 13.0 Å². The maximum Gasteiger partial charge on any atom is 0.162 e. The molecule has 0 aliphatic heterocycles. The van der Waals surface area contributed by atoms with E-state index in [1.807, 2.05) is 49.4 Å². The minimum atomic E-state index is -0.201. The van der Waals surface area contributed by atoms with E-state index in [4.69, 9.17) is 15.2 Å². The van der Waals surface area contributed by atoms with Crippen LogP contribution in [0.4, 0.5) is 0 Å². The van der Waals surface area contributed by atoms with Crippen LogP contribution in [0.2, 0.25) is 0 Å². The molecule has 0 amide bonds. The van der Waals surface area contributed by atoms with Gasteiger partial charge in [0.05, 0.1) is 7.11 Å². The van der Waals surface area contributed by atoms with E-state index in [0.29, 0.717) is 0 Å². The molecule has 0 aliphatic carbocycles. The van der Waals surface area contributed by atoms with Gasteiger partial charge in [-0.15, -0.1) is 0 Å². The maximum absolute atomic E-state index is 6.13. The molecule has 2 N–H and O–H groups in total. The number of hydrogen-bond acceptors (Lipinski definition) is 3. The van der Waals surface area contributed by atoms with Gasteiger partial charge in [-0.1, -0.05) is 43.3 Å². The number of benzene rings is 2. The summed E-state index contributed by atoms with van der Waals surface area (Å²) >= 11 is 0. The highest BCUT2D eigenvalue weighted by Gasteiger charge is 2.19. The topological polar surface area (TPSA) is 44.5 Å². The molecule has 2 aromatic rings. The fourth-order valence-electron chi connectivity index (χ4n) is 2.29. The van der Waals surface area contributed by atoms with Gasteiger partial charge in [-0.3, -0.25) is 0 Å². The highest BCUT2D eigenvalue weighted by atomic mass is 16.5. The van der Waals surface area contributed by atoms with Crippen molar-refractivity contribution in [3.8, 4) is 11.5 Å². The Morgan fingerprint density at radius 3 is 2.33 bits per heavy atom. The van der Waals surface area contributed by atoms with E-state index >= 15 is 0 Å². The SMILES string of the molecule is CCc1ccc(OC(c2ccccc2)C(C)N)c(OC)c1. The van der Waals surface area contributed by atoms with Gasteiger partial charge < -0.3 is 15.2 Å². The van der Waals surface area contributed by atoms with Crippen LogP contribution in [0.5, 0.6) is 11.5 Å². The Morgan fingerprint density at radius 2 is 1.76 bits per heavy atom. The number of hydrogen-bond donors (Lipinski definition) is 1. The van der Waals surface area contributed by atoms with Crippen molar-refractivity contribution < 1.29 is 9.47 Å². The molecule has 0 aliphatic rings. The fourth-order valence-corrected chi connectivity index (χ4v) is 2.29. The van der Waals surface area contributed by atoms with Crippen LogP contribution in [0, 0.1) is 0 Å². The van der Waals surface area contributed by atoms with E-state index in [0.717, 1.165) is 23.5 Å². The molecule has 0 radical (unpaired) electrons. The zero-order valence-corrected chi connectivity index (χ0v) is 12.9. The second-order valence-corrected chi connectivity index (χ2v) is 5.15. The fraction of sp³-hybridized carbons (Fsp3) is 0.333. The second-order valence-electron chi connectivity index (χ2n) is 5.15. The predicted octanol–water partition coefficient (Wildman–Crippen LogP) is 3.72. The molecule has 2 aromatic carbocycles. The molecule has 0 aromatic heterocycles. The van der Waals surface area contributed by atoms with Crippen LogP contribution in [0.1, 0.15) is 31.1 Å². The Balaban J connectivity index is 2.29. The molecule has 2 unspecified atom stereocenters. The average molecular weight is 285 g/mol. The van der Waals surface area contributed by atoms with Gasteiger partial charge in [0.1, 0.15) is 6.10 Å². The average Bonchev–Trinajstić information content (AvgIpc) is 2.53. The van der Waals surface area contributed by atoms with Gasteiger partial charge in [-0.25, -0.2) is 0 Å². The lowest BCUT2D eigenvalue weighted by Crippen LogP contribution is -2.29. The highest BCUT2D eigenvalue weighted by Crippen LogP contribution is 2.33. The second kappa shape index (κ2) is 7.14. The smallest absolute Gasteiger partial charge is 0.162 e. The van der Waals surface area contributed by atoms with Gasteiger partial charge in [0, 0.05) is 6.04 Å². The third kappa shape index (κ3) is 3.76. The summed E-state index contributed by atoms with van der Waals surface area (Å²) in [5.41, 5.74) is 8.38. The molecular formula is C18H23NO2. The van der Waals surface area contributed by atoms with Crippen LogP contribution in [0.3, 0.4) is 0 Å². The zero-order valence-electron chi connectivity index (χ0n) is 12.9. The predicted molar refractivity (Wildman–Crippen MR) is 85.8 cm³/mol. The number of ether oxygens (including phenoxy) is 2. The molecule has 0 fully saturated rings. The van der Waals surface area contributed by atoms with Crippen LogP contribution >= 0.6 is 0 Å². The van der Waals surface area contributed by atoms with Crippen LogP contribution in [-0.4, -0.2) is 13.2 Å². The molecule has 0 saturated heterocycles. The molecule has 3 heteroatoms. The summed E-state index contributed by atoms with van der Waals surface area (Å²) in [6.07, 6.45) is 0.763. The van der Waals surface area contributed by atoms with Gasteiger partial charge in [0.15, 0.2) is 11.5 Å². The Labute approximate surface area is 126 Å². The van der Waals surface area contributed by atoms with Gasteiger partial charge >= 0.3 is 0 Å². The molecule has 0 bridgehead atoms. The zero-order chi connectivity index (χ0) is 15.2. The number of nitrogens with two attached hydrogens (primary N) is 1. The van der Waals surface area contributed by atoms with Crippen LogP contribution < -0.4 is 15.2 Å². The van der Waals surface area contributed by atoms with Crippen molar-refractivity contribution in [1.29, 1.82) is 0 Å². The molecule has 2 rings (SSSR count). The summed E-state index contributed by atoms with van der Waals surface area (Å²) in [5.74, 6) is 1.47. The van der Waals surface area contributed by atoms with Crippen molar-refractivity contribution in [2.75, 3.05) is 7.11 Å². The normalized spacial score (nSPS) is 13.5. The van der Waals surface area contributed by atoms with Crippen molar-refractivity contribution in [1.82, 2.24) is 0 Å². The first-order valence-electron chi connectivity index (χ1n) is 7.29. The van der Waals surface area contributed by atoms with Crippen molar-refractivity contribution >= 4 is 0 Å². The van der Waals surface area contributed by atoms with Crippen molar-refractivity contribution in [3.05, 3.63) is 59.7 Å². The summed E-state index contributed by atoms with van der Waals surface area (Å²) < 4.78 is 11.6. The quantitative estimate of drug-likeness (QED) is 0.879. The van der Waals surface area contributed by atoms with Crippen LogP contribution in [0.15, 0.2) is 48.5 Å². The van der Waals surface area contributed by atoms with Crippen LogP contribution in [-0.2, 0) is 6.42 Å². The lowest BCUT2D eigenvalue weighted by atomic mass is 10.0. The van der Waals surface area contributed by atoms with Gasteiger partial charge in [0.25, 0.3) is 0 Å². The van der Waals surface area contributed by atoms with E-state index in [9.17, 15) is 0 Å². The molecule has 0 heterocycles. The molecule has 2 atom stereocenters. The third-order valence-electron chi connectivity index (χ3n) is 3.50. The van der Waals surface area contributed by atoms with E-state index < -0.39 is 0 Å². The Hall–Kier alpha value is -2.00. The van der Waals surface area contributed by atoms with Crippen molar-refractivity contribution in [2.45, 2.75) is 32.4 Å². The lowest BCUT2D eigenvalue weighted by molar-refractivity contribution is 0.173. The molecule has 3 nitrogen and oxygen atoms in total. The summed E-state index contributed by atoms with van der Waals surface area (Å²) in [7, 11) is 1.66. The Bertz CT molecular complexity index is 567. The van der Waals surface area contributed by atoms with Gasteiger partial charge in [0.2, 0.25) is 0 Å². The van der Waals surface area contributed by atoms with Gasteiger partial charge in [-0.2, -0.15) is 0 Å². The first kappa shape index (κ1) is 15.4. The maximum atomic E-state index is 6.13. The Kier molecular flexibility index (Phi) is 5.23. The number of methoxy groups -OCH3 is 1. The minimum Gasteiger partial charge on any atom is -0.493 e. The van der Waals surface area contributed by atoms with Gasteiger partial charge in [-0.05, 0) is 36.6 Å². The molecule has 0 saturated carbocycles. The summed E-state index contributed by atoms with van der Waals surface area (Å²) in [4.78, 5) is 0. The molecular weight excluding hydrogens is 262 g/mol. The first-order valence-corrected chi connectivity index (χ1v) is 7.29. The Morgan fingerprint density at radius 1 is 1.05 bits per heavy atom. The first-order chi connectivity index (χ1) is 10.2. The summed E-state index contributed by atoms with van der Waals surface area (Å²) in [6, 6.07) is 15.9. The number of rotatable bonds is 6. The highest BCUT2D eigenvalue weighted by molar-refractivity contribution is 5.43. The van der Waals surface area contributed by atoms with E-state index in [1.54, 1.807) is 7.11 Å². The number of aryl methyl sites for hydroxylation is 1. The molecule has 21 heavy (non-hydrogen) atoms. The molecule has 0 spiro atoms. The minimum absolute atomic E-state index is 0.122. The van der Waals surface area contributed by atoms with Crippen molar-refractivity contribution in [3.63, 3.8) is 0 Å². The largest absolute Gasteiger partial charge is 0.493 e. The van der Waals surface area contributed by atoms with Crippen LogP contribution in [0.25, 0.3) is 0 Å². The summed E-state index contributed by atoms with van der Waals surface area (Å²) in [5, 5.41) is 0. The third-order valence-corrected chi connectivity index (χ3v) is 3.50. The van der Waals surface area contributed by atoms with E-state index in [1.165, 1.54) is 5.56 Å². The summed E-state index contributed by atoms with van der Waals surface area (Å²) in [6.45, 7) is 4.06. The van der Waals surface area contributed by atoms with E-state index in [-0.39, 0.29) is 12.1 Å². The van der Waals surface area contributed by atoms with Crippen molar-refractivity contribution in [2.24, 2.45) is 5.73 Å². The molecule has 112 valence electrons. The monoisotopic (exact) mass is 285 g/mol. The standard InChI is InChI=1S/C18H23NO2/c1-4-14-10-11-16(17(12-14)20-3)21-18(13(2)19)15-8-6-5-7-9-15/h5-13,18H,4,19H2,1-3H3. The lowest BCUT2D eigenvalue weighted by Gasteiger charge is -2.24.